The number of likely N-dealkylation sites (tertiary alicyclic amines) is 1. The Morgan fingerprint density at radius 2 is 1.75 bits per heavy atom. The molecule has 10 heteroatoms. The number of para-hydroxylation sites is 1. The fraction of sp³-hybridized carbons (Fsp3) is 0.682. The summed E-state index contributed by atoms with van der Waals surface area (Å²) in [6.07, 6.45) is -1.29. The van der Waals surface area contributed by atoms with Crippen LogP contribution < -0.4 is 15.5 Å². The first-order chi connectivity index (χ1) is 14.9. The molecule has 1 aromatic carbocycles. The molecular weight excluding hydrogens is 532 g/mol. The molecule has 2 aliphatic heterocycles. The molecule has 1 unspecified atom stereocenters. The van der Waals surface area contributed by atoms with E-state index in [1.807, 2.05) is 6.07 Å². The van der Waals surface area contributed by atoms with Gasteiger partial charge >= 0.3 is 6.18 Å². The third-order valence-electron chi connectivity index (χ3n) is 5.93. The topological polar surface area (TPSA) is 46.1 Å². The molecule has 32 heavy (non-hydrogen) atoms. The number of alkyl halides is 3. The molecule has 2 N–H and O–H groups in total. The van der Waals surface area contributed by atoms with Crippen LogP contribution in [0, 0.1) is 0 Å². The van der Waals surface area contributed by atoms with Gasteiger partial charge in [-0.3, -0.25) is 14.8 Å². The van der Waals surface area contributed by atoms with Crippen LogP contribution in [0.25, 0.3) is 0 Å². The van der Waals surface area contributed by atoms with Crippen molar-refractivity contribution in [2.24, 2.45) is 4.99 Å². The van der Waals surface area contributed by atoms with Gasteiger partial charge in [0.05, 0.1) is 6.54 Å². The van der Waals surface area contributed by atoms with Gasteiger partial charge in [-0.2, -0.15) is 13.2 Å². The van der Waals surface area contributed by atoms with Crippen molar-refractivity contribution in [3.05, 3.63) is 30.3 Å². The summed E-state index contributed by atoms with van der Waals surface area (Å²) in [7, 11) is 1.70. The molecule has 0 aliphatic carbocycles. The lowest BCUT2D eigenvalue weighted by molar-refractivity contribution is -0.143. The number of halogens is 4. The van der Waals surface area contributed by atoms with Gasteiger partial charge in [-0.05, 0) is 37.9 Å². The Kier molecular flexibility index (Phi) is 11.3. The number of hydrogen-bond acceptors (Lipinski definition) is 4. The summed E-state index contributed by atoms with van der Waals surface area (Å²) in [6.45, 7) is 6.21. The first-order valence-electron chi connectivity index (χ1n) is 11.2. The van der Waals surface area contributed by atoms with E-state index in [0.29, 0.717) is 25.5 Å². The quantitative estimate of drug-likeness (QED) is 0.219. The second-order valence-electron chi connectivity index (χ2n) is 8.35. The monoisotopic (exact) mass is 568 g/mol. The maximum absolute atomic E-state index is 12.5. The molecule has 1 atom stereocenters. The highest BCUT2D eigenvalue weighted by molar-refractivity contribution is 14.0. The van der Waals surface area contributed by atoms with Crippen molar-refractivity contribution in [2.45, 2.75) is 31.5 Å². The Morgan fingerprint density at radius 1 is 1.03 bits per heavy atom. The van der Waals surface area contributed by atoms with Crippen LogP contribution in [-0.4, -0.2) is 93.9 Å². The van der Waals surface area contributed by atoms with Gasteiger partial charge < -0.3 is 15.5 Å². The number of benzene rings is 1. The van der Waals surface area contributed by atoms with Crippen molar-refractivity contribution in [1.82, 2.24) is 20.4 Å². The molecule has 182 valence electrons. The van der Waals surface area contributed by atoms with Crippen LogP contribution in [0.4, 0.5) is 18.9 Å². The number of nitrogens with one attached hydrogen (secondary N) is 2. The molecule has 0 amide bonds. The van der Waals surface area contributed by atoms with Crippen LogP contribution in [0.15, 0.2) is 35.3 Å². The Labute approximate surface area is 206 Å². The predicted octanol–water partition coefficient (Wildman–Crippen LogP) is 3.01. The van der Waals surface area contributed by atoms with Gasteiger partial charge in [-0.25, -0.2) is 0 Å². The fourth-order valence-electron chi connectivity index (χ4n) is 4.27. The third kappa shape index (κ3) is 9.30. The number of aliphatic imine (C=N–C) groups is 1. The molecule has 0 aromatic heterocycles. The normalized spacial score (nSPS) is 20.8. The van der Waals surface area contributed by atoms with Crippen LogP contribution in [0.5, 0.6) is 0 Å². The number of hydrogen-bond donors (Lipinski definition) is 2. The Balaban J connectivity index is 0.00000363. The van der Waals surface area contributed by atoms with Crippen LogP contribution in [-0.2, 0) is 0 Å². The highest BCUT2D eigenvalue weighted by Crippen LogP contribution is 2.20. The summed E-state index contributed by atoms with van der Waals surface area (Å²) in [6, 6.07) is 10.6. The first-order valence-corrected chi connectivity index (χ1v) is 11.2. The first kappa shape index (κ1) is 27.0. The Morgan fingerprint density at radius 3 is 2.41 bits per heavy atom. The van der Waals surface area contributed by atoms with Gasteiger partial charge in [0.2, 0.25) is 0 Å². The highest BCUT2D eigenvalue weighted by Gasteiger charge is 2.34. The average Bonchev–Trinajstić information content (AvgIpc) is 3.18. The summed E-state index contributed by atoms with van der Waals surface area (Å²) >= 11 is 0. The van der Waals surface area contributed by atoms with E-state index in [-0.39, 0.29) is 30.0 Å². The molecule has 0 saturated carbocycles. The van der Waals surface area contributed by atoms with Gasteiger partial charge in [-0.15, -0.1) is 24.0 Å². The lowest BCUT2D eigenvalue weighted by atomic mass is 10.2. The van der Waals surface area contributed by atoms with Gasteiger partial charge in [0.15, 0.2) is 5.96 Å². The zero-order valence-corrected chi connectivity index (χ0v) is 21.1. The van der Waals surface area contributed by atoms with Gasteiger partial charge in [-0.1, -0.05) is 18.2 Å². The van der Waals surface area contributed by atoms with Crippen molar-refractivity contribution >= 4 is 35.6 Å². The third-order valence-corrected chi connectivity index (χ3v) is 5.93. The Hall–Kier alpha value is -1.27. The van der Waals surface area contributed by atoms with Gasteiger partial charge in [0.1, 0.15) is 0 Å². The van der Waals surface area contributed by atoms with Crippen LogP contribution in [0.3, 0.4) is 0 Å². The van der Waals surface area contributed by atoms with Crippen molar-refractivity contribution in [1.29, 1.82) is 0 Å². The second kappa shape index (κ2) is 13.4. The molecule has 2 aliphatic rings. The van der Waals surface area contributed by atoms with Crippen molar-refractivity contribution in [3.8, 4) is 0 Å². The summed E-state index contributed by atoms with van der Waals surface area (Å²) in [4.78, 5) is 10.6. The highest BCUT2D eigenvalue weighted by atomic mass is 127. The van der Waals surface area contributed by atoms with Crippen LogP contribution in [0.1, 0.15) is 19.3 Å². The molecule has 0 spiro atoms. The van der Waals surface area contributed by atoms with Crippen molar-refractivity contribution < 1.29 is 13.2 Å². The largest absolute Gasteiger partial charge is 0.401 e. The van der Waals surface area contributed by atoms with Crippen LogP contribution in [0.2, 0.25) is 0 Å². The van der Waals surface area contributed by atoms with Gasteiger partial charge in [0, 0.05) is 64.6 Å². The minimum absolute atomic E-state index is 0. The van der Waals surface area contributed by atoms with E-state index in [1.165, 1.54) is 10.6 Å². The van der Waals surface area contributed by atoms with Crippen LogP contribution >= 0.6 is 24.0 Å². The zero-order valence-electron chi connectivity index (χ0n) is 18.8. The summed E-state index contributed by atoms with van der Waals surface area (Å²) in [5, 5.41) is 6.55. The summed E-state index contributed by atoms with van der Waals surface area (Å²) in [5.74, 6) is 0.676. The van der Waals surface area contributed by atoms with Gasteiger partial charge in [0.25, 0.3) is 0 Å². The number of guanidine groups is 1. The van der Waals surface area contributed by atoms with E-state index >= 15 is 0 Å². The molecule has 3 rings (SSSR count). The minimum Gasteiger partial charge on any atom is -0.369 e. The number of nitrogens with zero attached hydrogens (tertiary/aromatic N) is 4. The lowest BCUT2D eigenvalue weighted by Gasteiger charge is -2.36. The maximum Gasteiger partial charge on any atom is 0.401 e. The van der Waals surface area contributed by atoms with E-state index in [9.17, 15) is 13.2 Å². The molecule has 2 saturated heterocycles. The second-order valence-corrected chi connectivity index (χ2v) is 8.35. The van der Waals surface area contributed by atoms with E-state index in [2.05, 4.69) is 49.7 Å². The molecule has 2 fully saturated rings. The summed E-state index contributed by atoms with van der Waals surface area (Å²) in [5.41, 5.74) is 1.30. The molecule has 1 aromatic rings. The van der Waals surface area contributed by atoms with Crippen molar-refractivity contribution in [2.75, 3.05) is 70.9 Å². The smallest absolute Gasteiger partial charge is 0.369 e. The SMILES string of the molecule is CN=C(NCCCCN1CCN(c2ccccc2)CC1)NC1CCN(CC(F)(F)F)C1.I. The molecule has 0 bridgehead atoms. The number of unbranched alkanes of at least 4 members (excludes halogenated alkanes) is 1. The zero-order chi connectivity index (χ0) is 22.1. The Bertz CT molecular complexity index is 680. The molecule has 2 heterocycles. The minimum atomic E-state index is -4.14. The molecular formula is C22H36F3IN6. The molecule has 6 nitrogen and oxygen atoms in total. The molecule has 0 radical (unpaired) electrons. The average molecular weight is 568 g/mol. The standard InChI is InChI=1S/C22H35F3N6.HI/c1-26-21(28-19-9-12-30(17-19)18-22(23,24)25)27-10-5-6-11-29-13-15-31(16-14-29)20-7-3-2-4-8-20;/h2-4,7-8,19H,5-6,9-18H2,1H3,(H2,26,27,28);1H. The summed E-state index contributed by atoms with van der Waals surface area (Å²) < 4.78 is 37.6. The van der Waals surface area contributed by atoms with Crippen molar-refractivity contribution in [3.63, 3.8) is 0 Å². The van der Waals surface area contributed by atoms with E-state index in [4.69, 9.17) is 0 Å². The lowest BCUT2D eigenvalue weighted by Crippen LogP contribution is -2.47. The van der Waals surface area contributed by atoms with E-state index in [1.54, 1.807) is 7.05 Å². The van der Waals surface area contributed by atoms with E-state index < -0.39 is 12.7 Å². The number of anilines is 1. The number of piperazine rings is 1. The number of rotatable bonds is 8. The fourth-order valence-corrected chi connectivity index (χ4v) is 4.27. The predicted molar refractivity (Wildman–Crippen MR) is 135 cm³/mol. The maximum atomic E-state index is 12.5. The van der Waals surface area contributed by atoms with E-state index in [0.717, 1.165) is 52.1 Å².